The summed E-state index contributed by atoms with van der Waals surface area (Å²) in [6, 6.07) is 11.8. The zero-order chi connectivity index (χ0) is 22.2. The van der Waals surface area contributed by atoms with Gasteiger partial charge >= 0.3 is 0 Å². The molecule has 2 N–H and O–H groups in total. The third kappa shape index (κ3) is 4.02. The number of carbonyl (C=O) groups excluding carboxylic acids is 1. The lowest BCUT2D eigenvalue weighted by Gasteiger charge is -2.09. The summed E-state index contributed by atoms with van der Waals surface area (Å²) in [6.45, 7) is 4.82. The molecule has 164 valence electrons. The maximum absolute atomic E-state index is 12.3. The van der Waals surface area contributed by atoms with Crippen LogP contribution in [0.5, 0.6) is 0 Å². The highest BCUT2D eigenvalue weighted by Crippen LogP contribution is 2.45. The SMILES string of the molecule is CC(C)CNC(=O)c1ccc(-c2nc(Cc3ccc4[nH]ncc4c3C3CC3)n(C)n2)cc1. The Bertz CT molecular complexity index is 1260. The molecule has 5 rings (SSSR count). The van der Waals surface area contributed by atoms with Crippen LogP contribution >= 0.6 is 0 Å². The lowest BCUT2D eigenvalue weighted by atomic mass is 9.97. The van der Waals surface area contributed by atoms with Crippen LogP contribution in [0.3, 0.4) is 0 Å². The monoisotopic (exact) mass is 428 g/mol. The molecule has 7 nitrogen and oxygen atoms in total. The molecule has 1 amide bonds. The highest BCUT2D eigenvalue weighted by atomic mass is 16.1. The highest BCUT2D eigenvalue weighted by Gasteiger charge is 2.29. The number of rotatable bonds is 7. The standard InChI is InChI=1S/C25H28N6O/c1-15(2)13-26-25(32)18-8-6-17(7-9-18)24-28-22(31(3)30-24)12-19-10-11-21-20(14-27-29-21)23(19)16-4-5-16/h6-11,14-16H,4-5,12-13H2,1-3H3,(H,26,32)(H,27,29). The molecule has 2 heterocycles. The average molecular weight is 429 g/mol. The Morgan fingerprint density at radius 1 is 1.19 bits per heavy atom. The number of carbonyl (C=O) groups is 1. The number of hydrogen-bond donors (Lipinski definition) is 2. The van der Waals surface area contributed by atoms with Gasteiger partial charge < -0.3 is 5.32 Å². The van der Waals surface area contributed by atoms with Crippen molar-refractivity contribution in [3.05, 3.63) is 65.1 Å². The van der Waals surface area contributed by atoms with E-state index in [2.05, 4.69) is 46.6 Å². The van der Waals surface area contributed by atoms with E-state index in [4.69, 9.17) is 4.98 Å². The Balaban J connectivity index is 1.38. The van der Waals surface area contributed by atoms with Crippen molar-refractivity contribution in [3.8, 4) is 11.4 Å². The fourth-order valence-corrected chi connectivity index (χ4v) is 4.13. The summed E-state index contributed by atoms with van der Waals surface area (Å²) >= 11 is 0. The Morgan fingerprint density at radius 3 is 2.69 bits per heavy atom. The molecule has 2 aromatic heterocycles. The molecule has 0 spiro atoms. The molecule has 1 fully saturated rings. The lowest BCUT2D eigenvalue weighted by Crippen LogP contribution is -2.27. The number of aryl methyl sites for hydroxylation is 1. The summed E-state index contributed by atoms with van der Waals surface area (Å²) < 4.78 is 1.86. The predicted molar refractivity (Wildman–Crippen MR) is 124 cm³/mol. The second-order valence-corrected chi connectivity index (χ2v) is 9.08. The van der Waals surface area contributed by atoms with Gasteiger partial charge in [0.1, 0.15) is 5.82 Å². The van der Waals surface area contributed by atoms with Crippen LogP contribution in [0.1, 0.15) is 59.9 Å². The van der Waals surface area contributed by atoms with Crippen molar-refractivity contribution >= 4 is 16.8 Å². The summed E-state index contributed by atoms with van der Waals surface area (Å²) in [5.74, 6) is 2.58. The molecular formula is C25H28N6O. The number of aromatic amines is 1. The summed E-state index contributed by atoms with van der Waals surface area (Å²) in [7, 11) is 1.94. The second kappa shape index (κ2) is 8.22. The topological polar surface area (TPSA) is 88.5 Å². The molecule has 0 atom stereocenters. The van der Waals surface area contributed by atoms with Gasteiger partial charge in [-0.2, -0.15) is 10.2 Å². The second-order valence-electron chi connectivity index (χ2n) is 9.08. The van der Waals surface area contributed by atoms with Crippen molar-refractivity contribution in [2.75, 3.05) is 6.54 Å². The first-order chi connectivity index (χ1) is 15.5. The van der Waals surface area contributed by atoms with E-state index in [0.29, 0.717) is 29.8 Å². The van der Waals surface area contributed by atoms with E-state index in [-0.39, 0.29) is 5.91 Å². The Hall–Kier alpha value is -3.48. The Morgan fingerprint density at radius 2 is 1.97 bits per heavy atom. The maximum atomic E-state index is 12.3. The van der Waals surface area contributed by atoms with E-state index in [1.165, 1.54) is 29.4 Å². The molecule has 1 aliphatic carbocycles. The van der Waals surface area contributed by atoms with Crippen molar-refractivity contribution in [2.45, 2.75) is 39.0 Å². The number of amides is 1. The van der Waals surface area contributed by atoms with Crippen molar-refractivity contribution in [1.82, 2.24) is 30.3 Å². The summed E-state index contributed by atoms with van der Waals surface area (Å²) in [5.41, 5.74) is 5.33. The molecule has 4 aromatic rings. The molecule has 1 saturated carbocycles. The number of fused-ring (bicyclic) bond motifs is 1. The maximum Gasteiger partial charge on any atom is 0.251 e. The number of nitrogens with one attached hydrogen (secondary N) is 2. The van der Waals surface area contributed by atoms with Crippen molar-refractivity contribution in [1.29, 1.82) is 0 Å². The molecule has 32 heavy (non-hydrogen) atoms. The summed E-state index contributed by atoms with van der Waals surface area (Å²) in [4.78, 5) is 17.1. The summed E-state index contributed by atoms with van der Waals surface area (Å²) in [5, 5.41) is 16.1. The zero-order valence-electron chi connectivity index (χ0n) is 18.7. The number of aromatic nitrogens is 5. The van der Waals surface area contributed by atoms with Crippen LogP contribution < -0.4 is 5.32 Å². The molecule has 0 unspecified atom stereocenters. The Labute approximate surface area is 187 Å². The van der Waals surface area contributed by atoms with Gasteiger partial charge in [0.15, 0.2) is 5.82 Å². The third-order valence-corrected chi connectivity index (χ3v) is 6.02. The lowest BCUT2D eigenvalue weighted by molar-refractivity contribution is 0.0949. The Kier molecular flexibility index (Phi) is 5.25. The van der Waals surface area contributed by atoms with Gasteiger partial charge in [-0.3, -0.25) is 14.6 Å². The quantitative estimate of drug-likeness (QED) is 0.461. The number of hydrogen-bond acceptors (Lipinski definition) is 4. The molecule has 1 aliphatic rings. The van der Waals surface area contributed by atoms with Crippen LogP contribution in [0, 0.1) is 5.92 Å². The highest BCUT2D eigenvalue weighted by molar-refractivity contribution is 5.94. The molecule has 2 aromatic carbocycles. The first-order valence-corrected chi connectivity index (χ1v) is 11.2. The van der Waals surface area contributed by atoms with Gasteiger partial charge in [0, 0.05) is 36.5 Å². The van der Waals surface area contributed by atoms with Crippen LogP contribution in [-0.4, -0.2) is 37.4 Å². The fourth-order valence-electron chi connectivity index (χ4n) is 4.13. The van der Waals surface area contributed by atoms with Crippen LogP contribution in [0.25, 0.3) is 22.3 Å². The van der Waals surface area contributed by atoms with Gasteiger partial charge in [-0.1, -0.05) is 32.0 Å². The van der Waals surface area contributed by atoms with E-state index in [9.17, 15) is 4.79 Å². The van der Waals surface area contributed by atoms with E-state index >= 15 is 0 Å². The summed E-state index contributed by atoms with van der Waals surface area (Å²) in [6.07, 6.45) is 5.14. The van der Waals surface area contributed by atoms with Crippen LogP contribution in [0.15, 0.2) is 42.6 Å². The normalized spacial score (nSPS) is 13.8. The average Bonchev–Trinajstić information content (AvgIpc) is 3.39. The van der Waals surface area contributed by atoms with Crippen molar-refractivity contribution < 1.29 is 4.79 Å². The van der Waals surface area contributed by atoms with Crippen LogP contribution in [0.2, 0.25) is 0 Å². The molecule has 0 aliphatic heterocycles. The molecule has 0 bridgehead atoms. The predicted octanol–water partition coefficient (Wildman–Crippen LogP) is 4.21. The number of H-pyrrole nitrogens is 1. The van der Waals surface area contributed by atoms with Crippen molar-refractivity contribution in [2.24, 2.45) is 13.0 Å². The minimum absolute atomic E-state index is 0.0536. The third-order valence-electron chi connectivity index (χ3n) is 6.02. The van der Waals surface area contributed by atoms with E-state index in [0.717, 1.165) is 23.3 Å². The van der Waals surface area contributed by atoms with Gasteiger partial charge in [0.2, 0.25) is 0 Å². The van der Waals surface area contributed by atoms with Crippen LogP contribution in [0.4, 0.5) is 0 Å². The largest absolute Gasteiger partial charge is 0.352 e. The molecular weight excluding hydrogens is 400 g/mol. The fraction of sp³-hybridized carbons (Fsp3) is 0.360. The number of benzene rings is 2. The molecule has 0 saturated heterocycles. The van der Waals surface area contributed by atoms with Gasteiger partial charge in [-0.05, 0) is 54.0 Å². The molecule has 7 heteroatoms. The number of nitrogens with zero attached hydrogens (tertiary/aromatic N) is 4. The van der Waals surface area contributed by atoms with E-state index in [1.807, 2.05) is 42.2 Å². The van der Waals surface area contributed by atoms with Gasteiger partial charge in [-0.15, -0.1) is 0 Å². The molecule has 0 radical (unpaired) electrons. The first kappa shape index (κ1) is 20.4. The minimum Gasteiger partial charge on any atom is -0.352 e. The van der Waals surface area contributed by atoms with Crippen LogP contribution in [-0.2, 0) is 13.5 Å². The zero-order valence-corrected chi connectivity index (χ0v) is 18.7. The van der Waals surface area contributed by atoms with Gasteiger partial charge in [0.25, 0.3) is 5.91 Å². The van der Waals surface area contributed by atoms with E-state index < -0.39 is 0 Å². The first-order valence-electron chi connectivity index (χ1n) is 11.2. The minimum atomic E-state index is -0.0536. The van der Waals surface area contributed by atoms with Crippen molar-refractivity contribution in [3.63, 3.8) is 0 Å². The van der Waals surface area contributed by atoms with Gasteiger partial charge in [-0.25, -0.2) is 4.98 Å². The smallest absolute Gasteiger partial charge is 0.251 e. The van der Waals surface area contributed by atoms with E-state index in [1.54, 1.807) is 0 Å². The van der Waals surface area contributed by atoms with Gasteiger partial charge in [0.05, 0.1) is 11.7 Å².